The third kappa shape index (κ3) is 3.72. The van der Waals surface area contributed by atoms with Crippen LogP contribution in [0.3, 0.4) is 0 Å². The Hall–Kier alpha value is -2.03. The fourth-order valence-electron chi connectivity index (χ4n) is 4.39. The van der Waals surface area contributed by atoms with Crippen molar-refractivity contribution in [3.63, 3.8) is 0 Å². The van der Waals surface area contributed by atoms with Crippen LogP contribution in [0.2, 0.25) is 0 Å². The van der Waals surface area contributed by atoms with Crippen molar-refractivity contribution in [2.75, 3.05) is 26.3 Å². The van der Waals surface area contributed by atoms with Crippen LogP contribution in [0.5, 0.6) is 0 Å². The van der Waals surface area contributed by atoms with E-state index in [0.717, 1.165) is 53.6 Å². The van der Waals surface area contributed by atoms with E-state index in [0.29, 0.717) is 44.2 Å². The molecule has 8 heteroatoms. The molecule has 1 aromatic carbocycles. The average Bonchev–Trinajstić information content (AvgIpc) is 2.79. The molecule has 0 unspecified atom stereocenters. The maximum Gasteiger partial charge on any atom is 0.270 e. The maximum atomic E-state index is 13.4. The van der Waals surface area contributed by atoms with Crippen molar-refractivity contribution in [3.8, 4) is 11.3 Å². The normalized spacial score (nSPS) is 17.7. The zero-order valence-corrected chi connectivity index (χ0v) is 18.5. The molecule has 2 aromatic rings. The van der Waals surface area contributed by atoms with Crippen LogP contribution >= 0.6 is 0 Å². The molecule has 30 heavy (non-hydrogen) atoms. The molecule has 2 aliphatic rings. The van der Waals surface area contributed by atoms with Gasteiger partial charge in [-0.1, -0.05) is 19.1 Å². The summed E-state index contributed by atoms with van der Waals surface area (Å²) in [5, 5.41) is 4.64. The Morgan fingerprint density at radius 2 is 1.77 bits per heavy atom. The lowest BCUT2D eigenvalue weighted by molar-refractivity contribution is 0.0730. The van der Waals surface area contributed by atoms with Crippen LogP contribution in [0, 0.1) is 0 Å². The van der Waals surface area contributed by atoms with Gasteiger partial charge in [0.1, 0.15) is 0 Å². The van der Waals surface area contributed by atoms with E-state index < -0.39 is 10.0 Å². The van der Waals surface area contributed by atoms with Gasteiger partial charge in [-0.3, -0.25) is 4.79 Å². The van der Waals surface area contributed by atoms with E-state index in [9.17, 15) is 13.2 Å². The third-order valence-electron chi connectivity index (χ3n) is 6.08. The standard InChI is InChI=1S/C22H29N3O4S/c1-3-16-9-10-17(15-20(16)30(27,28)24-11-13-29-14-12-24)21-18-7-5-6-8-19(18)22(26)25(4-2)23-21/h9-10,15H,3-8,11-14H2,1-2H3. The first kappa shape index (κ1) is 21.2. The highest BCUT2D eigenvalue weighted by Gasteiger charge is 2.29. The number of ether oxygens (including phenoxy) is 1. The van der Waals surface area contributed by atoms with Gasteiger partial charge in [0.15, 0.2) is 0 Å². The number of fused-ring (bicyclic) bond motifs is 1. The van der Waals surface area contributed by atoms with Crippen LogP contribution in [0.4, 0.5) is 0 Å². The fraction of sp³-hybridized carbons (Fsp3) is 0.545. The number of benzene rings is 1. The summed E-state index contributed by atoms with van der Waals surface area (Å²) in [6.45, 7) is 5.92. The van der Waals surface area contributed by atoms with Crippen LogP contribution < -0.4 is 5.56 Å². The second-order valence-corrected chi connectivity index (χ2v) is 9.73. The van der Waals surface area contributed by atoms with Crippen LogP contribution in [-0.4, -0.2) is 48.8 Å². The number of hydrogen-bond acceptors (Lipinski definition) is 5. The molecule has 0 atom stereocenters. The van der Waals surface area contributed by atoms with Gasteiger partial charge in [0, 0.05) is 30.8 Å². The first-order valence-corrected chi connectivity index (χ1v) is 12.3. The molecule has 2 heterocycles. The Morgan fingerprint density at radius 1 is 1.07 bits per heavy atom. The zero-order valence-electron chi connectivity index (χ0n) is 17.7. The highest BCUT2D eigenvalue weighted by atomic mass is 32.2. The third-order valence-corrected chi connectivity index (χ3v) is 8.06. The number of aryl methyl sites for hydroxylation is 2. The summed E-state index contributed by atoms with van der Waals surface area (Å²) in [7, 11) is -3.62. The van der Waals surface area contributed by atoms with Crippen molar-refractivity contribution < 1.29 is 13.2 Å². The monoisotopic (exact) mass is 431 g/mol. The summed E-state index contributed by atoms with van der Waals surface area (Å²) >= 11 is 0. The van der Waals surface area contributed by atoms with E-state index in [1.54, 1.807) is 6.07 Å². The maximum absolute atomic E-state index is 13.4. The predicted molar refractivity (Wildman–Crippen MR) is 115 cm³/mol. The highest BCUT2D eigenvalue weighted by Crippen LogP contribution is 2.32. The van der Waals surface area contributed by atoms with Crippen molar-refractivity contribution in [1.82, 2.24) is 14.1 Å². The van der Waals surface area contributed by atoms with Crippen LogP contribution in [0.15, 0.2) is 27.9 Å². The van der Waals surface area contributed by atoms with Crippen LogP contribution in [-0.2, 0) is 40.6 Å². The van der Waals surface area contributed by atoms with E-state index in [4.69, 9.17) is 4.74 Å². The largest absolute Gasteiger partial charge is 0.379 e. The molecule has 162 valence electrons. The second-order valence-electron chi connectivity index (χ2n) is 7.83. The lowest BCUT2D eigenvalue weighted by Gasteiger charge is -2.27. The minimum Gasteiger partial charge on any atom is -0.379 e. The number of rotatable bonds is 5. The molecular weight excluding hydrogens is 402 g/mol. The van der Waals surface area contributed by atoms with Gasteiger partial charge in [-0.15, -0.1) is 0 Å². The van der Waals surface area contributed by atoms with Crippen LogP contribution in [0.25, 0.3) is 11.3 Å². The summed E-state index contributed by atoms with van der Waals surface area (Å²) < 4.78 is 35.2. The average molecular weight is 432 g/mol. The van der Waals surface area contributed by atoms with Gasteiger partial charge in [0.2, 0.25) is 10.0 Å². The summed E-state index contributed by atoms with van der Waals surface area (Å²) in [5.74, 6) is 0. The topological polar surface area (TPSA) is 81.5 Å². The Kier molecular flexibility index (Phi) is 6.09. The molecular formula is C22H29N3O4S. The first-order valence-electron chi connectivity index (χ1n) is 10.8. The first-order chi connectivity index (χ1) is 14.5. The van der Waals surface area contributed by atoms with Crippen molar-refractivity contribution >= 4 is 10.0 Å². The lowest BCUT2D eigenvalue weighted by Crippen LogP contribution is -2.40. The second kappa shape index (κ2) is 8.61. The Balaban J connectivity index is 1.88. The molecule has 0 amide bonds. The quantitative estimate of drug-likeness (QED) is 0.726. The van der Waals surface area contributed by atoms with Crippen LogP contribution in [0.1, 0.15) is 43.4 Å². The van der Waals surface area contributed by atoms with E-state index in [1.807, 2.05) is 26.0 Å². The molecule has 0 saturated carbocycles. The number of morpholine rings is 1. The summed E-state index contributed by atoms with van der Waals surface area (Å²) in [6.07, 6.45) is 4.21. The van der Waals surface area contributed by atoms with Crippen molar-refractivity contribution in [3.05, 3.63) is 45.2 Å². The zero-order chi connectivity index (χ0) is 21.3. The summed E-state index contributed by atoms with van der Waals surface area (Å²) in [5.41, 5.74) is 4.11. The minimum absolute atomic E-state index is 0.0118. The molecule has 0 spiro atoms. The van der Waals surface area contributed by atoms with Gasteiger partial charge in [-0.2, -0.15) is 9.40 Å². The summed E-state index contributed by atoms with van der Waals surface area (Å²) in [6, 6.07) is 5.59. The molecule has 0 radical (unpaired) electrons. The van der Waals surface area contributed by atoms with E-state index in [-0.39, 0.29) is 5.56 Å². The van der Waals surface area contributed by atoms with Crippen molar-refractivity contribution in [1.29, 1.82) is 0 Å². The lowest BCUT2D eigenvalue weighted by atomic mass is 9.89. The molecule has 0 bridgehead atoms. The molecule has 1 aromatic heterocycles. The SMILES string of the molecule is CCc1ccc(-c2nn(CC)c(=O)c3c2CCCC3)cc1S(=O)(=O)N1CCOCC1. The van der Waals surface area contributed by atoms with Crippen molar-refractivity contribution in [2.24, 2.45) is 0 Å². The van der Waals surface area contributed by atoms with E-state index >= 15 is 0 Å². The van der Waals surface area contributed by atoms with Gasteiger partial charge >= 0.3 is 0 Å². The molecule has 1 saturated heterocycles. The number of sulfonamides is 1. The molecule has 7 nitrogen and oxygen atoms in total. The minimum atomic E-state index is -3.62. The van der Waals surface area contributed by atoms with Crippen molar-refractivity contribution in [2.45, 2.75) is 57.4 Å². The number of hydrogen-bond donors (Lipinski definition) is 0. The number of aromatic nitrogens is 2. The van der Waals surface area contributed by atoms with E-state index in [1.165, 1.54) is 8.99 Å². The van der Waals surface area contributed by atoms with Gasteiger partial charge in [0.25, 0.3) is 5.56 Å². The summed E-state index contributed by atoms with van der Waals surface area (Å²) in [4.78, 5) is 13.1. The molecule has 1 aliphatic heterocycles. The molecule has 1 fully saturated rings. The Bertz CT molecular complexity index is 1100. The van der Waals surface area contributed by atoms with E-state index in [2.05, 4.69) is 5.10 Å². The molecule has 4 rings (SSSR count). The predicted octanol–water partition coefficient (Wildman–Crippen LogP) is 2.39. The highest BCUT2D eigenvalue weighted by molar-refractivity contribution is 7.89. The van der Waals surface area contributed by atoms with Gasteiger partial charge in [-0.05, 0) is 56.2 Å². The molecule has 0 N–H and O–H groups in total. The Morgan fingerprint density at radius 3 is 2.43 bits per heavy atom. The van der Waals surface area contributed by atoms with Gasteiger partial charge in [0.05, 0.1) is 23.8 Å². The number of nitrogens with zero attached hydrogens (tertiary/aromatic N) is 3. The fourth-order valence-corrected chi connectivity index (χ4v) is 6.12. The van der Waals surface area contributed by atoms with Gasteiger partial charge in [-0.25, -0.2) is 13.1 Å². The van der Waals surface area contributed by atoms with Gasteiger partial charge < -0.3 is 4.74 Å². The Labute approximate surface area is 177 Å². The molecule has 1 aliphatic carbocycles. The smallest absolute Gasteiger partial charge is 0.270 e.